The summed E-state index contributed by atoms with van der Waals surface area (Å²) in [6, 6.07) is 5.65. The normalized spacial score (nSPS) is 18.8. The lowest BCUT2D eigenvalue weighted by Gasteiger charge is -2.10. The Balaban J connectivity index is 1.63. The number of amides is 2. The molecule has 0 aromatic heterocycles. The van der Waals surface area contributed by atoms with Crippen LogP contribution in [0.2, 0.25) is 0 Å². The van der Waals surface area contributed by atoms with Crippen LogP contribution in [-0.4, -0.2) is 49.3 Å². The molecule has 0 unspecified atom stereocenters. The van der Waals surface area contributed by atoms with Crippen LogP contribution in [0.3, 0.4) is 0 Å². The van der Waals surface area contributed by atoms with E-state index in [-0.39, 0.29) is 28.3 Å². The number of carbonyl (C=O) groups is 2. The zero-order valence-corrected chi connectivity index (χ0v) is 14.3. The Hall–Kier alpha value is -1.81. The van der Waals surface area contributed by atoms with Gasteiger partial charge in [-0.15, -0.1) is 11.8 Å². The summed E-state index contributed by atoms with van der Waals surface area (Å²) in [6.45, 7) is -0.449. The van der Waals surface area contributed by atoms with Gasteiger partial charge in [-0.1, -0.05) is 12.1 Å². The Kier molecular flexibility index (Phi) is 6.44. The van der Waals surface area contributed by atoms with Crippen molar-refractivity contribution < 1.29 is 27.1 Å². The van der Waals surface area contributed by atoms with Gasteiger partial charge >= 0.3 is 0 Å². The highest BCUT2D eigenvalue weighted by atomic mass is 32.2. The standard InChI is InChI=1S/C14H17FN2O5S2/c15-11-3-1-2-4-12(11)22-7-13(18)16-17-14(19)8-23-10-5-6-24(20,21)9-10/h1-4,10H,5-9H2,(H,16,18)(H,17,19)/t10-/m0/s1. The Morgan fingerprint density at radius 2 is 1.96 bits per heavy atom. The molecule has 1 aromatic rings. The maximum absolute atomic E-state index is 13.3. The molecule has 0 spiro atoms. The van der Waals surface area contributed by atoms with E-state index < -0.39 is 34.1 Å². The number of para-hydroxylation sites is 1. The third kappa shape index (κ3) is 6.00. The highest BCUT2D eigenvalue weighted by Crippen LogP contribution is 2.23. The fraction of sp³-hybridized carbons (Fsp3) is 0.429. The Morgan fingerprint density at radius 1 is 1.25 bits per heavy atom. The first kappa shape index (κ1) is 18.5. The van der Waals surface area contributed by atoms with E-state index in [9.17, 15) is 22.4 Å². The molecule has 2 amide bonds. The van der Waals surface area contributed by atoms with Crippen molar-refractivity contribution in [3.05, 3.63) is 30.1 Å². The van der Waals surface area contributed by atoms with E-state index in [1.54, 1.807) is 6.07 Å². The van der Waals surface area contributed by atoms with Crippen molar-refractivity contribution in [1.82, 2.24) is 10.9 Å². The zero-order valence-electron chi connectivity index (χ0n) is 12.7. The van der Waals surface area contributed by atoms with Crippen molar-refractivity contribution in [3.63, 3.8) is 0 Å². The predicted molar refractivity (Wildman–Crippen MR) is 87.7 cm³/mol. The number of ether oxygens (including phenoxy) is 1. The molecule has 0 radical (unpaired) electrons. The minimum absolute atomic E-state index is 0.0363. The minimum Gasteiger partial charge on any atom is -0.481 e. The second-order valence-electron chi connectivity index (χ2n) is 5.15. The van der Waals surface area contributed by atoms with Crippen LogP contribution in [0, 0.1) is 5.82 Å². The number of hydrogen-bond acceptors (Lipinski definition) is 6. The molecule has 24 heavy (non-hydrogen) atoms. The van der Waals surface area contributed by atoms with Gasteiger partial charge in [0.05, 0.1) is 17.3 Å². The van der Waals surface area contributed by atoms with Crippen LogP contribution in [0.15, 0.2) is 24.3 Å². The molecule has 1 aliphatic rings. The van der Waals surface area contributed by atoms with Crippen LogP contribution in [0.25, 0.3) is 0 Å². The average molecular weight is 376 g/mol. The summed E-state index contributed by atoms with van der Waals surface area (Å²) in [4.78, 5) is 23.1. The van der Waals surface area contributed by atoms with E-state index in [1.165, 1.54) is 30.0 Å². The largest absolute Gasteiger partial charge is 0.481 e. The van der Waals surface area contributed by atoms with Gasteiger partial charge in [0.2, 0.25) is 5.91 Å². The molecular formula is C14H17FN2O5S2. The summed E-state index contributed by atoms with van der Waals surface area (Å²) in [5.41, 5.74) is 4.34. The first-order valence-electron chi connectivity index (χ1n) is 7.13. The van der Waals surface area contributed by atoms with E-state index >= 15 is 0 Å². The van der Waals surface area contributed by atoms with Crippen molar-refractivity contribution in [2.24, 2.45) is 0 Å². The molecule has 7 nitrogen and oxygen atoms in total. The summed E-state index contributed by atoms with van der Waals surface area (Å²) in [5.74, 6) is -1.48. The number of thioether (sulfide) groups is 1. The number of carbonyl (C=O) groups excluding carboxylic acids is 2. The topological polar surface area (TPSA) is 102 Å². The molecular weight excluding hydrogens is 359 g/mol. The van der Waals surface area contributed by atoms with Gasteiger partial charge in [-0.2, -0.15) is 0 Å². The Labute approximate surface area is 143 Å². The van der Waals surface area contributed by atoms with Gasteiger partial charge < -0.3 is 4.74 Å². The summed E-state index contributed by atoms with van der Waals surface area (Å²) in [5, 5.41) is -0.0964. The van der Waals surface area contributed by atoms with Crippen LogP contribution in [0.4, 0.5) is 4.39 Å². The zero-order chi connectivity index (χ0) is 17.6. The number of halogens is 1. The second kappa shape index (κ2) is 8.34. The maximum Gasteiger partial charge on any atom is 0.276 e. The summed E-state index contributed by atoms with van der Waals surface area (Å²) in [6.07, 6.45) is 0.531. The van der Waals surface area contributed by atoms with Crippen molar-refractivity contribution in [2.45, 2.75) is 11.7 Å². The van der Waals surface area contributed by atoms with Gasteiger partial charge in [0.25, 0.3) is 5.91 Å². The van der Waals surface area contributed by atoms with Crippen molar-refractivity contribution in [1.29, 1.82) is 0 Å². The lowest BCUT2D eigenvalue weighted by molar-refractivity contribution is -0.128. The molecule has 1 saturated heterocycles. The third-order valence-electron chi connectivity index (χ3n) is 3.18. The summed E-state index contributed by atoms with van der Waals surface area (Å²) < 4.78 is 40.9. The van der Waals surface area contributed by atoms with Crippen LogP contribution in [-0.2, 0) is 19.4 Å². The molecule has 0 aliphatic carbocycles. The number of rotatable bonds is 6. The van der Waals surface area contributed by atoms with Crippen LogP contribution < -0.4 is 15.6 Å². The highest BCUT2D eigenvalue weighted by Gasteiger charge is 2.28. The van der Waals surface area contributed by atoms with Gasteiger partial charge in [-0.05, 0) is 18.6 Å². The Bertz CT molecular complexity index is 711. The van der Waals surface area contributed by atoms with E-state index in [0.29, 0.717) is 6.42 Å². The van der Waals surface area contributed by atoms with Crippen molar-refractivity contribution >= 4 is 33.4 Å². The number of hydrogen-bond donors (Lipinski definition) is 2. The SMILES string of the molecule is O=C(COc1ccccc1F)NNC(=O)CS[C@H]1CCS(=O)(=O)C1. The predicted octanol–water partition coefficient (Wildman–Crippen LogP) is 0.272. The summed E-state index contributed by atoms with van der Waals surface area (Å²) in [7, 11) is -2.98. The average Bonchev–Trinajstić information content (AvgIpc) is 2.89. The molecule has 2 N–H and O–H groups in total. The van der Waals surface area contributed by atoms with E-state index in [1.807, 2.05) is 0 Å². The first-order valence-corrected chi connectivity index (χ1v) is 10.00. The van der Waals surface area contributed by atoms with E-state index in [0.717, 1.165) is 0 Å². The molecule has 0 saturated carbocycles. The number of nitrogens with one attached hydrogen (secondary N) is 2. The van der Waals surface area contributed by atoms with Gasteiger partial charge in [-0.3, -0.25) is 20.4 Å². The number of hydrazine groups is 1. The summed E-state index contributed by atoms with van der Waals surface area (Å²) >= 11 is 1.23. The maximum atomic E-state index is 13.3. The molecule has 0 bridgehead atoms. The van der Waals surface area contributed by atoms with E-state index in [2.05, 4.69) is 10.9 Å². The van der Waals surface area contributed by atoms with Crippen LogP contribution in [0.1, 0.15) is 6.42 Å². The number of sulfone groups is 1. The quantitative estimate of drug-likeness (QED) is 0.691. The molecule has 1 aromatic carbocycles. The van der Waals surface area contributed by atoms with Crippen molar-refractivity contribution in [3.8, 4) is 5.75 Å². The van der Waals surface area contributed by atoms with Crippen LogP contribution >= 0.6 is 11.8 Å². The molecule has 2 rings (SSSR count). The minimum atomic E-state index is -2.98. The molecule has 1 fully saturated rings. The lowest BCUT2D eigenvalue weighted by Crippen LogP contribution is -2.44. The van der Waals surface area contributed by atoms with Gasteiger partial charge in [0.15, 0.2) is 28.0 Å². The molecule has 1 atom stereocenters. The lowest BCUT2D eigenvalue weighted by atomic mass is 10.3. The second-order valence-corrected chi connectivity index (χ2v) is 8.67. The monoisotopic (exact) mass is 376 g/mol. The van der Waals surface area contributed by atoms with Gasteiger partial charge in [0.1, 0.15) is 0 Å². The van der Waals surface area contributed by atoms with Crippen molar-refractivity contribution in [2.75, 3.05) is 23.9 Å². The first-order chi connectivity index (χ1) is 11.4. The van der Waals surface area contributed by atoms with Crippen LogP contribution in [0.5, 0.6) is 5.75 Å². The fourth-order valence-corrected chi connectivity index (χ4v) is 5.45. The Morgan fingerprint density at radius 3 is 2.62 bits per heavy atom. The molecule has 1 heterocycles. The van der Waals surface area contributed by atoms with Gasteiger partial charge in [0, 0.05) is 5.25 Å². The highest BCUT2D eigenvalue weighted by molar-refractivity contribution is 8.02. The molecule has 132 valence electrons. The van der Waals surface area contributed by atoms with Gasteiger partial charge in [-0.25, -0.2) is 12.8 Å². The fourth-order valence-electron chi connectivity index (χ4n) is 2.00. The van der Waals surface area contributed by atoms with E-state index in [4.69, 9.17) is 4.74 Å². The molecule has 10 heteroatoms. The smallest absolute Gasteiger partial charge is 0.276 e. The third-order valence-corrected chi connectivity index (χ3v) is 6.46. The number of benzene rings is 1. The molecule has 1 aliphatic heterocycles.